The number of fused-ring (bicyclic) bond motifs is 7. The van der Waals surface area contributed by atoms with E-state index in [9.17, 15) is 0 Å². The third-order valence-electron chi connectivity index (χ3n) is 9.94. The van der Waals surface area contributed by atoms with Crippen LogP contribution in [0.5, 0.6) is 0 Å². The molecule has 0 bridgehead atoms. The fourth-order valence-electron chi connectivity index (χ4n) is 7.85. The van der Waals surface area contributed by atoms with Gasteiger partial charge in [-0.3, -0.25) is 0 Å². The molecule has 0 spiro atoms. The molecule has 3 heterocycles. The average molecular weight is 587 g/mol. The Morgan fingerprint density at radius 2 is 1.34 bits per heavy atom. The van der Waals surface area contributed by atoms with Crippen LogP contribution in [0.3, 0.4) is 0 Å². The number of para-hydroxylation sites is 2. The minimum Gasteiger partial charge on any atom is -0.311 e. The SMILES string of the molecule is CC(C)(C)c1cc2c3c(c1)N(c1cccc4ccccc14)c1ccccc1B3c1sc3c(c1N2c1ccccc1)CCCC3. The zero-order chi connectivity index (χ0) is 29.6. The van der Waals surface area contributed by atoms with Crippen molar-refractivity contribution >= 4 is 78.6 Å². The lowest BCUT2D eigenvalue weighted by Gasteiger charge is -2.44. The largest absolute Gasteiger partial charge is 0.311 e. The summed E-state index contributed by atoms with van der Waals surface area (Å²) in [4.78, 5) is 6.81. The van der Waals surface area contributed by atoms with Crippen molar-refractivity contribution in [2.75, 3.05) is 9.80 Å². The molecule has 2 aliphatic heterocycles. The molecule has 0 N–H and O–H groups in total. The monoisotopic (exact) mass is 586 g/mol. The molecular weight excluding hydrogens is 551 g/mol. The molecule has 3 aliphatic rings. The van der Waals surface area contributed by atoms with Gasteiger partial charge in [-0.15, -0.1) is 0 Å². The van der Waals surface area contributed by atoms with Crippen LogP contribution in [-0.2, 0) is 18.3 Å². The molecule has 5 aromatic carbocycles. The maximum atomic E-state index is 2.63. The number of benzene rings is 5. The molecule has 2 nitrogen and oxygen atoms in total. The third kappa shape index (κ3) is 3.73. The van der Waals surface area contributed by atoms with Crippen molar-refractivity contribution in [3.05, 3.63) is 125 Å². The molecule has 0 unspecified atom stereocenters. The van der Waals surface area contributed by atoms with Gasteiger partial charge >= 0.3 is 0 Å². The molecule has 1 aliphatic carbocycles. The van der Waals surface area contributed by atoms with Gasteiger partial charge in [0.05, 0.1) is 11.4 Å². The summed E-state index contributed by atoms with van der Waals surface area (Å²) in [5.74, 6) is 0. The highest BCUT2D eigenvalue weighted by Crippen LogP contribution is 2.50. The Kier molecular flexibility index (Phi) is 5.71. The molecule has 6 aromatic rings. The van der Waals surface area contributed by atoms with Crippen molar-refractivity contribution in [1.82, 2.24) is 0 Å². The summed E-state index contributed by atoms with van der Waals surface area (Å²) in [6.45, 7) is 7.27. The topological polar surface area (TPSA) is 6.48 Å². The molecule has 0 radical (unpaired) electrons. The summed E-state index contributed by atoms with van der Waals surface area (Å²) < 4.78 is 1.52. The Morgan fingerprint density at radius 1 is 0.659 bits per heavy atom. The van der Waals surface area contributed by atoms with E-state index in [2.05, 4.69) is 151 Å². The van der Waals surface area contributed by atoms with E-state index in [1.807, 2.05) is 0 Å². The van der Waals surface area contributed by atoms with E-state index in [4.69, 9.17) is 0 Å². The van der Waals surface area contributed by atoms with E-state index < -0.39 is 0 Å². The first-order valence-corrected chi connectivity index (χ1v) is 16.9. The van der Waals surface area contributed by atoms with Gasteiger partial charge in [0.2, 0.25) is 0 Å². The normalized spacial score (nSPS) is 15.1. The summed E-state index contributed by atoms with van der Waals surface area (Å²) in [5.41, 5.74) is 13.7. The first-order valence-electron chi connectivity index (χ1n) is 16.0. The standard InChI is InChI=1S/C40H35BN2S/c1-40(2,3)27-24-34-37-35(25-27)43(32-22-13-15-26-14-7-8-18-29(26)32)33-21-11-10-20-31(33)41(37)39-38(30-19-9-12-23-36(30)44-39)42(34)28-16-5-4-6-17-28/h4-8,10-11,13-18,20-22,24-25H,9,12,19,23H2,1-3H3. The second-order valence-electron chi connectivity index (χ2n) is 13.6. The highest BCUT2D eigenvalue weighted by atomic mass is 32.1. The van der Waals surface area contributed by atoms with Gasteiger partial charge in [-0.05, 0) is 94.9 Å². The van der Waals surface area contributed by atoms with Gasteiger partial charge in [-0.1, -0.05) is 93.6 Å². The Hall–Kier alpha value is -4.28. The van der Waals surface area contributed by atoms with E-state index in [-0.39, 0.29) is 12.1 Å². The lowest BCUT2D eigenvalue weighted by molar-refractivity contribution is 0.590. The van der Waals surface area contributed by atoms with Crippen LogP contribution in [0, 0.1) is 0 Å². The lowest BCUT2D eigenvalue weighted by Crippen LogP contribution is -2.60. The van der Waals surface area contributed by atoms with Gasteiger partial charge in [0.1, 0.15) is 0 Å². The van der Waals surface area contributed by atoms with E-state index in [1.54, 1.807) is 10.4 Å². The van der Waals surface area contributed by atoms with Crippen LogP contribution in [0.1, 0.15) is 49.6 Å². The highest BCUT2D eigenvalue weighted by Gasteiger charge is 2.46. The molecule has 214 valence electrons. The van der Waals surface area contributed by atoms with Gasteiger partial charge < -0.3 is 9.80 Å². The van der Waals surface area contributed by atoms with Crippen LogP contribution < -0.4 is 25.5 Å². The second-order valence-corrected chi connectivity index (χ2v) is 14.7. The predicted octanol–water partition coefficient (Wildman–Crippen LogP) is 9.16. The number of hydrogen-bond acceptors (Lipinski definition) is 3. The zero-order valence-corrected chi connectivity index (χ0v) is 26.4. The summed E-state index contributed by atoms with van der Waals surface area (Å²) in [5, 5.41) is 2.55. The van der Waals surface area contributed by atoms with Crippen LogP contribution in [0.15, 0.2) is 109 Å². The molecule has 0 amide bonds. The number of anilines is 6. The molecule has 0 fully saturated rings. The van der Waals surface area contributed by atoms with E-state index in [1.165, 1.54) is 91.8 Å². The van der Waals surface area contributed by atoms with Crippen molar-refractivity contribution in [2.45, 2.75) is 51.9 Å². The van der Waals surface area contributed by atoms with Gasteiger partial charge in [0.25, 0.3) is 6.71 Å². The maximum absolute atomic E-state index is 2.63. The summed E-state index contributed by atoms with van der Waals surface area (Å²) in [7, 11) is 0. The Morgan fingerprint density at radius 3 is 2.18 bits per heavy atom. The van der Waals surface area contributed by atoms with Crippen molar-refractivity contribution in [1.29, 1.82) is 0 Å². The molecule has 0 saturated heterocycles. The van der Waals surface area contributed by atoms with Gasteiger partial charge in [0, 0.05) is 37.8 Å². The Balaban J connectivity index is 1.43. The van der Waals surface area contributed by atoms with Crippen LogP contribution in [-0.4, -0.2) is 6.71 Å². The van der Waals surface area contributed by atoms with E-state index in [0.717, 1.165) is 0 Å². The molecule has 1 aromatic heterocycles. The van der Waals surface area contributed by atoms with Crippen LogP contribution in [0.25, 0.3) is 10.8 Å². The number of hydrogen-bond donors (Lipinski definition) is 0. The smallest absolute Gasteiger partial charge is 0.264 e. The molecule has 0 saturated carbocycles. The number of nitrogens with zero attached hydrogens (tertiary/aromatic N) is 2. The maximum Gasteiger partial charge on any atom is 0.264 e. The summed E-state index contributed by atoms with van der Waals surface area (Å²) >= 11 is 2.09. The predicted molar refractivity (Wildman–Crippen MR) is 191 cm³/mol. The molecule has 0 atom stereocenters. The fraction of sp³-hybridized carbons (Fsp3) is 0.200. The van der Waals surface area contributed by atoms with Crippen molar-refractivity contribution < 1.29 is 0 Å². The van der Waals surface area contributed by atoms with E-state index in [0.29, 0.717) is 0 Å². The van der Waals surface area contributed by atoms with Crippen molar-refractivity contribution in [2.24, 2.45) is 0 Å². The quantitative estimate of drug-likeness (QED) is 0.186. The lowest BCUT2D eigenvalue weighted by atomic mass is 9.36. The molecular formula is C40H35BN2S. The molecule has 4 heteroatoms. The summed E-state index contributed by atoms with van der Waals surface area (Å²) in [6, 6.07) is 40.9. The highest BCUT2D eigenvalue weighted by molar-refractivity contribution is 7.29. The van der Waals surface area contributed by atoms with Crippen molar-refractivity contribution in [3.8, 4) is 0 Å². The van der Waals surface area contributed by atoms with Crippen LogP contribution in [0.4, 0.5) is 34.1 Å². The number of rotatable bonds is 2. The molecule has 44 heavy (non-hydrogen) atoms. The third-order valence-corrected chi connectivity index (χ3v) is 11.3. The first kappa shape index (κ1) is 26.2. The number of aryl methyl sites for hydroxylation is 1. The molecule has 9 rings (SSSR count). The van der Waals surface area contributed by atoms with E-state index >= 15 is 0 Å². The first-order chi connectivity index (χ1) is 21.5. The van der Waals surface area contributed by atoms with Gasteiger partial charge in [-0.25, -0.2) is 0 Å². The minimum absolute atomic E-state index is 0.0148. The van der Waals surface area contributed by atoms with Crippen molar-refractivity contribution in [3.63, 3.8) is 0 Å². The minimum atomic E-state index is -0.0148. The van der Waals surface area contributed by atoms with Crippen LogP contribution in [0.2, 0.25) is 0 Å². The summed E-state index contributed by atoms with van der Waals surface area (Å²) in [6.07, 6.45) is 4.93. The number of thiophene rings is 1. The van der Waals surface area contributed by atoms with Gasteiger partial charge in [-0.2, -0.15) is 11.3 Å². The second kappa shape index (κ2) is 9.61. The average Bonchev–Trinajstić information content (AvgIpc) is 3.43. The van der Waals surface area contributed by atoms with Gasteiger partial charge in [0.15, 0.2) is 0 Å². The Bertz CT molecular complexity index is 2080. The fourth-order valence-corrected chi connectivity index (χ4v) is 9.36. The Labute approximate surface area is 264 Å². The van der Waals surface area contributed by atoms with Crippen LogP contribution >= 0.6 is 11.3 Å². The zero-order valence-electron chi connectivity index (χ0n) is 25.6.